The predicted molar refractivity (Wildman–Crippen MR) is 158 cm³/mol. The van der Waals surface area contributed by atoms with Crippen LogP contribution in [0.3, 0.4) is 0 Å². The van der Waals surface area contributed by atoms with Crippen LogP contribution in [0.25, 0.3) is 22.1 Å². The van der Waals surface area contributed by atoms with Crippen molar-refractivity contribution in [3.8, 4) is 5.88 Å². The van der Waals surface area contributed by atoms with Gasteiger partial charge in [-0.1, -0.05) is 18.2 Å². The monoisotopic (exact) mass is 605 g/mol. The molecule has 0 radical (unpaired) electrons. The average molecular weight is 606 g/mol. The molecular formula is C32H34F3N7O2. The highest BCUT2D eigenvalue weighted by Crippen LogP contribution is 2.33. The molecule has 0 bridgehead atoms. The minimum atomic E-state index is -4.34. The minimum Gasteiger partial charge on any atom is -0.473 e. The number of alkyl halides is 3. The van der Waals surface area contributed by atoms with E-state index in [9.17, 15) is 13.2 Å². The summed E-state index contributed by atoms with van der Waals surface area (Å²) in [6.45, 7) is 4.71. The zero-order valence-corrected chi connectivity index (χ0v) is 24.5. The number of likely N-dealkylation sites (tertiary alicyclic amines) is 1. The fraction of sp³-hybridized carbons (Fsp3) is 0.438. The van der Waals surface area contributed by atoms with E-state index in [1.807, 2.05) is 42.6 Å². The number of imidazole rings is 1. The van der Waals surface area contributed by atoms with E-state index < -0.39 is 12.7 Å². The largest absolute Gasteiger partial charge is 0.473 e. The number of hydrogen-bond donors (Lipinski definition) is 0. The molecule has 5 aromatic rings. The third kappa shape index (κ3) is 6.00. The summed E-state index contributed by atoms with van der Waals surface area (Å²) < 4.78 is 53.8. The molecule has 2 aliphatic heterocycles. The van der Waals surface area contributed by atoms with Crippen LogP contribution in [-0.2, 0) is 24.4 Å². The first-order valence-corrected chi connectivity index (χ1v) is 15.1. The Kier molecular flexibility index (Phi) is 7.71. The highest BCUT2D eigenvalue weighted by Gasteiger charge is 2.31. The van der Waals surface area contributed by atoms with Crippen LogP contribution in [0.4, 0.5) is 13.2 Å². The standard InChI is InChI=1S/C32H34F3N7O2/c1-21(30-39-27-5-3-12-36-31(27)41(30)18-25-11-15-43-25)40-13-9-23(10-14-40)26-4-2-6-29(38-26)44-19-22-7-8-24-17-37-42(28(24)16-22)20-32(33,34)35/h2-8,12,16-17,21,23,25H,9-11,13-15,18-20H2,1H3/t21-,25-/m0/s1. The number of piperidine rings is 1. The van der Waals surface area contributed by atoms with E-state index in [4.69, 9.17) is 19.4 Å². The number of aromatic nitrogens is 6. The maximum Gasteiger partial charge on any atom is 0.408 e. The van der Waals surface area contributed by atoms with Crippen LogP contribution in [0.15, 0.2) is 60.9 Å². The molecule has 230 valence electrons. The Bertz CT molecular complexity index is 1760. The van der Waals surface area contributed by atoms with Gasteiger partial charge in [0, 0.05) is 35.9 Å². The predicted octanol–water partition coefficient (Wildman–Crippen LogP) is 6.05. The van der Waals surface area contributed by atoms with Gasteiger partial charge in [0.25, 0.3) is 0 Å². The molecule has 7 rings (SSSR count). The van der Waals surface area contributed by atoms with E-state index in [1.165, 1.54) is 6.20 Å². The number of halogens is 3. The molecule has 2 fully saturated rings. The smallest absolute Gasteiger partial charge is 0.408 e. The molecule has 12 heteroatoms. The van der Waals surface area contributed by atoms with Crippen LogP contribution in [0.5, 0.6) is 5.88 Å². The van der Waals surface area contributed by atoms with E-state index in [2.05, 4.69) is 26.5 Å². The van der Waals surface area contributed by atoms with Crippen molar-refractivity contribution in [2.45, 2.75) is 70.1 Å². The van der Waals surface area contributed by atoms with Crippen LogP contribution in [0.2, 0.25) is 0 Å². The molecule has 2 saturated heterocycles. The highest BCUT2D eigenvalue weighted by atomic mass is 19.4. The molecule has 1 aromatic carbocycles. The van der Waals surface area contributed by atoms with Gasteiger partial charge in [0.2, 0.25) is 5.88 Å². The van der Waals surface area contributed by atoms with Gasteiger partial charge in [0.05, 0.1) is 30.4 Å². The summed E-state index contributed by atoms with van der Waals surface area (Å²) in [5, 5.41) is 4.55. The topological polar surface area (TPSA) is 83.1 Å². The van der Waals surface area contributed by atoms with E-state index >= 15 is 0 Å². The Hall–Kier alpha value is -4.03. The van der Waals surface area contributed by atoms with Gasteiger partial charge in [0.1, 0.15) is 24.5 Å². The maximum absolute atomic E-state index is 13.0. The zero-order valence-electron chi connectivity index (χ0n) is 24.5. The molecule has 6 heterocycles. The molecule has 0 unspecified atom stereocenters. The van der Waals surface area contributed by atoms with Gasteiger partial charge in [-0.2, -0.15) is 18.3 Å². The number of ether oxygens (including phenoxy) is 2. The average Bonchev–Trinajstić information content (AvgIpc) is 3.57. The Morgan fingerprint density at radius 1 is 1.05 bits per heavy atom. The van der Waals surface area contributed by atoms with E-state index in [0.717, 1.165) is 78.4 Å². The summed E-state index contributed by atoms with van der Waals surface area (Å²) in [4.78, 5) is 16.9. The van der Waals surface area contributed by atoms with Gasteiger partial charge in [-0.25, -0.2) is 15.0 Å². The number of pyridine rings is 2. The molecule has 0 saturated carbocycles. The number of nitrogens with zero attached hydrogens (tertiary/aromatic N) is 7. The van der Waals surface area contributed by atoms with Crippen molar-refractivity contribution < 1.29 is 22.6 Å². The fourth-order valence-electron chi connectivity index (χ4n) is 6.25. The lowest BCUT2D eigenvalue weighted by Gasteiger charge is -2.36. The lowest BCUT2D eigenvalue weighted by molar-refractivity contribution is -0.141. The quantitative estimate of drug-likeness (QED) is 0.202. The first-order valence-electron chi connectivity index (χ1n) is 15.1. The molecule has 0 aliphatic carbocycles. The number of fused-ring (bicyclic) bond motifs is 2. The molecule has 9 nitrogen and oxygen atoms in total. The Balaban J connectivity index is 0.993. The lowest BCUT2D eigenvalue weighted by Crippen LogP contribution is -2.37. The third-order valence-corrected chi connectivity index (χ3v) is 8.75. The van der Waals surface area contributed by atoms with Gasteiger partial charge >= 0.3 is 6.18 Å². The van der Waals surface area contributed by atoms with Crippen molar-refractivity contribution in [3.05, 3.63) is 78.0 Å². The minimum absolute atomic E-state index is 0.137. The third-order valence-electron chi connectivity index (χ3n) is 8.75. The summed E-state index contributed by atoms with van der Waals surface area (Å²) >= 11 is 0. The summed E-state index contributed by atoms with van der Waals surface area (Å²) in [5.74, 6) is 1.83. The second kappa shape index (κ2) is 11.8. The van der Waals surface area contributed by atoms with Crippen LogP contribution in [0, 0.1) is 0 Å². The Morgan fingerprint density at radius 3 is 2.66 bits per heavy atom. The number of rotatable bonds is 9. The van der Waals surface area contributed by atoms with Crippen molar-refractivity contribution >= 4 is 22.1 Å². The zero-order chi connectivity index (χ0) is 30.3. The molecular weight excluding hydrogens is 571 g/mol. The molecule has 0 amide bonds. The second-order valence-electron chi connectivity index (χ2n) is 11.7. The van der Waals surface area contributed by atoms with E-state index in [0.29, 0.717) is 22.7 Å². The van der Waals surface area contributed by atoms with Crippen LogP contribution in [0.1, 0.15) is 55.2 Å². The van der Waals surface area contributed by atoms with Crippen LogP contribution >= 0.6 is 0 Å². The van der Waals surface area contributed by atoms with Gasteiger partial charge < -0.3 is 14.0 Å². The number of hydrogen-bond acceptors (Lipinski definition) is 7. The van der Waals surface area contributed by atoms with E-state index in [-0.39, 0.29) is 18.8 Å². The summed E-state index contributed by atoms with van der Waals surface area (Å²) in [7, 11) is 0. The van der Waals surface area contributed by atoms with Gasteiger partial charge in [-0.3, -0.25) is 9.58 Å². The van der Waals surface area contributed by atoms with Crippen molar-refractivity contribution in [2.75, 3.05) is 19.7 Å². The van der Waals surface area contributed by atoms with Crippen molar-refractivity contribution in [1.29, 1.82) is 0 Å². The molecule has 4 aromatic heterocycles. The van der Waals surface area contributed by atoms with Crippen LogP contribution < -0.4 is 4.74 Å². The molecule has 0 spiro atoms. The van der Waals surface area contributed by atoms with Crippen molar-refractivity contribution in [3.63, 3.8) is 0 Å². The van der Waals surface area contributed by atoms with Crippen LogP contribution in [-0.4, -0.2) is 66.2 Å². The van der Waals surface area contributed by atoms with Gasteiger partial charge in [-0.05, 0) is 69.1 Å². The Morgan fingerprint density at radius 2 is 1.89 bits per heavy atom. The summed E-state index contributed by atoms with van der Waals surface area (Å²) in [6, 6.07) is 15.2. The SMILES string of the molecule is C[C@@H](c1nc2cccnc2n1C[C@@H]1CCO1)N1CCC(c2cccc(OCc3ccc4cnn(CC(F)(F)F)c4c3)n2)CC1. The lowest BCUT2D eigenvalue weighted by atomic mass is 9.92. The van der Waals surface area contributed by atoms with Gasteiger partial charge in [-0.15, -0.1) is 0 Å². The number of benzene rings is 1. The summed E-state index contributed by atoms with van der Waals surface area (Å²) in [6.07, 6.45) is 2.12. The molecule has 2 aliphatic rings. The van der Waals surface area contributed by atoms with E-state index in [1.54, 1.807) is 12.1 Å². The van der Waals surface area contributed by atoms with Gasteiger partial charge in [0.15, 0.2) is 5.65 Å². The first kappa shape index (κ1) is 28.7. The molecule has 2 atom stereocenters. The Labute approximate surface area is 252 Å². The highest BCUT2D eigenvalue weighted by molar-refractivity contribution is 5.79. The molecule has 0 N–H and O–H groups in total. The van der Waals surface area contributed by atoms with Crippen molar-refractivity contribution in [1.82, 2.24) is 34.2 Å². The fourth-order valence-corrected chi connectivity index (χ4v) is 6.25. The first-order chi connectivity index (χ1) is 21.3. The maximum atomic E-state index is 13.0. The second-order valence-corrected chi connectivity index (χ2v) is 11.7. The summed E-state index contributed by atoms with van der Waals surface area (Å²) in [5.41, 5.74) is 3.99. The van der Waals surface area contributed by atoms with Crippen molar-refractivity contribution in [2.24, 2.45) is 0 Å². The molecule has 44 heavy (non-hydrogen) atoms. The normalized spacial score (nSPS) is 19.0.